The van der Waals surface area contributed by atoms with Crippen molar-refractivity contribution in [1.29, 1.82) is 0 Å². The number of rotatable bonds is 3. The molecule has 0 aliphatic carbocycles. The zero-order valence-corrected chi connectivity index (χ0v) is 12.5. The number of likely N-dealkylation sites (N-methyl/N-ethyl adjacent to an activating group) is 1. The third-order valence-electron chi connectivity index (χ3n) is 3.64. The Kier molecular flexibility index (Phi) is 3.67. The minimum Gasteiger partial charge on any atom is -0.461 e. The number of anilines is 1. The highest BCUT2D eigenvalue weighted by Crippen LogP contribution is 2.22. The second-order valence-corrected chi connectivity index (χ2v) is 5.33. The van der Waals surface area contributed by atoms with Crippen molar-refractivity contribution in [3.63, 3.8) is 0 Å². The highest BCUT2D eigenvalue weighted by atomic mass is 19.1. The SMILES string of the molecule is Cc1ccc(N(C)C(=O)Cc2cc3ccccc3o2)c(F)c1. The van der Waals surface area contributed by atoms with Crippen LogP contribution in [0.15, 0.2) is 52.9 Å². The van der Waals surface area contributed by atoms with Crippen LogP contribution >= 0.6 is 0 Å². The molecular weight excluding hydrogens is 281 g/mol. The molecule has 0 spiro atoms. The quantitative estimate of drug-likeness (QED) is 0.729. The molecule has 3 rings (SSSR count). The second kappa shape index (κ2) is 5.64. The van der Waals surface area contributed by atoms with E-state index in [0.717, 1.165) is 16.5 Å². The van der Waals surface area contributed by atoms with E-state index in [0.29, 0.717) is 5.76 Å². The van der Waals surface area contributed by atoms with Crippen LogP contribution < -0.4 is 4.90 Å². The monoisotopic (exact) mass is 297 g/mol. The van der Waals surface area contributed by atoms with Gasteiger partial charge in [0.2, 0.25) is 5.91 Å². The molecule has 4 heteroatoms. The number of nitrogens with zero attached hydrogens (tertiary/aromatic N) is 1. The van der Waals surface area contributed by atoms with Gasteiger partial charge in [0, 0.05) is 12.4 Å². The number of halogens is 1. The molecule has 0 saturated carbocycles. The van der Waals surface area contributed by atoms with Crippen molar-refractivity contribution in [2.75, 3.05) is 11.9 Å². The van der Waals surface area contributed by atoms with E-state index in [9.17, 15) is 9.18 Å². The lowest BCUT2D eigenvalue weighted by molar-refractivity contribution is -0.117. The molecule has 0 aliphatic heterocycles. The average Bonchev–Trinajstić information content (AvgIpc) is 2.88. The first-order valence-corrected chi connectivity index (χ1v) is 7.05. The van der Waals surface area contributed by atoms with Crippen molar-refractivity contribution in [2.24, 2.45) is 0 Å². The van der Waals surface area contributed by atoms with Gasteiger partial charge in [0.05, 0.1) is 12.1 Å². The lowest BCUT2D eigenvalue weighted by Crippen LogP contribution is -2.28. The summed E-state index contributed by atoms with van der Waals surface area (Å²) in [6.07, 6.45) is 0.0957. The van der Waals surface area contributed by atoms with Crippen LogP contribution in [0.2, 0.25) is 0 Å². The van der Waals surface area contributed by atoms with Crippen LogP contribution in [0.4, 0.5) is 10.1 Å². The molecule has 0 bridgehead atoms. The molecule has 3 aromatic rings. The molecule has 1 heterocycles. The van der Waals surface area contributed by atoms with Crippen molar-refractivity contribution in [3.8, 4) is 0 Å². The van der Waals surface area contributed by atoms with Gasteiger partial charge < -0.3 is 9.32 Å². The number of hydrogen-bond acceptors (Lipinski definition) is 2. The van der Waals surface area contributed by atoms with Gasteiger partial charge in [-0.15, -0.1) is 0 Å². The summed E-state index contributed by atoms with van der Waals surface area (Å²) < 4.78 is 19.6. The summed E-state index contributed by atoms with van der Waals surface area (Å²) in [7, 11) is 1.57. The van der Waals surface area contributed by atoms with Gasteiger partial charge in [0.1, 0.15) is 17.2 Å². The van der Waals surface area contributed by atoms with E-state index in [1.165, 1.54) is 11.0 Å². The van der Waals surface area contributed by atoms with Crippen LogP contribution in [0.5, 0.6) is 0 Å². The van der Waals surface area contributed by atoms with E-state index < -0.39 is 5.82 Å². The van der Waals surface area contributed by atoms with Crippen molar-refractivity contribution in [3.05, 3.63) is 65.7 Å². The lowest BCUT2D eigenvalue weighted by Gasteiger charge is -2.17. The Morgan fingerprint density at radius 3 is 2.68 bits per heavy atom. The predicted molar refractivity (Wildman–Crippen MR) is 84.5 cm³/mol. The van der Waals surface area contributed by atoms with Gasteiger partial charge in [-0.25, -0.2) is 4.39 Å². The number of carbonyl (C=O) groups is 1. The van der Waals surface area contributed by atoms with E-state index in [4.69, 9.17) is 4.42 Å². The summed E-state index contributed by atoms with van der Waals surface area (Å²) in [5.74, 6) is -0.0483. The van der Waals surface area contributed by atoms with Crippen LogP contribution in [0.3, 0.4) is 0 Å². The number of carbonyl (C=O) groups excluding carboxylic acids is 1. The van der Waals surface area contributed by atoms with E-state index in [-0.39, 0.29) is 18.0 Å². The van der Waals surface area contributed by atoms with Gasteiger partial charge in [-0.05, 0) is 36.8 Å². The molecular formula is C18H16FNO2. The van der Waals surface area contributed by atoms with Crippen molar-refractivity contribution in [2.45, 2.75) is 13.3 Å². The van der Waals surface area contributed by atoms with E-state index in [1.54, 1.807) is 19.2 Å². The maximum Gasteiger partial charge on any atom is 0.234 e. The fraction of sp³-hybridized carbons (Fsp3) is 0.167. The lowest BCUT2D eigenvalue weighted by atomic mass is 10.2. The topological polar surface area (TPSA) is 33.5 Å². The van der Waals surface area contributed by atoms with E-state index in [2.05, 4.69) is 0 Å². The van der Waals surface area contributed by atoms with Crippen LogP contribution in [-0.2, 0) is 11.2 Å². The molecule has 0 radical (unpaired) electrons. The number of furan rings is 1. The third-order valence-corrected chi connectivity index (χ3v) is 3.64. The second-order valence-electron chi connectivity index (χ2n) is 5.33. The van der Waals surface area contributed by atoms with Gasteiger partial charge in [0.25, 0.3) is 0 Å². The summed E-state index contributed by atoms with van der Waals surface area (Å²) in [4.78, 5) is 13.6. The number of benzene rings is 2. The zero-order chi connectivity index (χ0) is 15.7. The fourth-order valence-corrected chi connectivity index (χ4v) is 2.41. The smallest absolute Gasteiger partial charge is 0.234 e. The first-order valence-electron chi connectivity index (χ1n) is 7.05. The van der Waals surface area contributed by atoms with Crippen LogP contribution in [0, 0.1) is 12.7 Å². The summed E-state index contributed by atoms with van der Waals surface area (Å²) in [5.41, 5.74) is 1.83. The molecule has 2 aromatic carbocycles. The predicted octanol–water partition coefficient (Wildman–Crippen LogP) is 4.09. The van der Waals surface area contributed by atoms with Gasteiger partial charge in [0.15, 0.2) is 0 Å². The Hall–Kier alpha value is -2.62. The highest BCUT2D eigenvalue weighted by molar-refractivity contribution is 5.94. The standard InChI is InChI=1S/C18H16FNO2/c1-12-7-8-16(15(19)9-12)20(2)18(21)11-14-10-13-5-3-4-6-17(13)22-14/h3-10H,11H2,1-2H3. The first kappa shape index (κ1) is 14.3. The molecule has 0 unspecified atom stereocenters. The largest absolute Gasteiger partial charge is 0.461 e. The first-order chi connectivity index (χ1) is 10.5. The number of fused-ring (bicyclic) bond motifs is 1. The summed E-state index contributed by atoms with van der Waals surface area (Å²) in [5, 5.41) is 0.953. The van der Waals surface area contributed by atoms with Crippen LogP contribution in [-0.4, -0.2) is 13.0 Å². The number of hydrogen-bond donors (Lipinski definition) is 0. The molecule has 22 heavy (non-hydrogen) atoms. The van der Waals surface area contributed by atoms with E-state index in [1.807, 2.05) is 37.3 Å². The van der Waals surface area contributed by atoms with E-state index >= 15 is 0 Å². The molecule has 112 valence electrons. The maximum atomic E-state index is 14.0. The Balaban J connectivity index is 1.81. The molecule has 0 N–H and O–H groups in total. The Labute approximate surface area is 128 Å². The van der Waals surface area contributed by atoms with Crippen molar-refractivity contribution >= 4 is 22.6 Å². The summed E-state index contributed by atoms with van der Waals surface area (Å²) >= 11 is 0. The summed E-state index contributed by atoms with van der Waals surface area (Å²) in [6, 6.07) is 14.2. The third kappa shape index (κ3) is 2.72. The van der Waals surface area contributed by atoms with Crippen molar-refractivity contribution in [1.82, 2.24) is 0 Å². The van der Waals surface area contributed by atoms with Crippen LogP contribution in [0.25, 0.3) is 11.0 Å². The fourth-order valence-electron chi connectivity index (χ4n) is 2.41. The van der Waals surface area contributed by atoms with Gasteiger partial charge in [-0.3, -0.25) is 4.79 Å². The molecule has 0 aliphatic rings. The molecule has 1 amide bonds. The molecule has 3 nitrogen and oxygen atoms in total. The highest BCUT2D eigenvalue weighted by Gasteiger charge is 2.17. The zero-order valence-electron chi connectivity index (χ0n) is 12.5. The minimum atomic E-state index is -0.402. The summed E-state index contributed by atoms with van der Waals surface area (Å²) in [6.45, 7) is 1.81. The van der Waals surface area contributed by atoms with Gasteiger partial charge >= 0.3 is 0 Å². The molecule has 0 atom stereocenters. The van der Waals surface area contributed by atoms with Gasteiger partial charge in [-0.1, -0.05) is 24.3 Å². The molecule has 0 fully saturated rings. The Morgan fingerprint density at radius 2 is 1.95 bits per heavy atom. The minimum absolute atomic E-state index is 0.0957. The Bertz CT molecular complexity index is 805. The maximum absolute atomic E-state index is 14.0. The van der Waals surface area contributed by atoms with Crippen LogP contribution in [0.1, 0.15) is 11.3 Å². The van der Waals surface area contributed by atoms with Gasteiger partial charge in [-0.2, -0.15) is 0 Å². The normalized spacial score (nSPS) is 10.9. The molecule has 1 aromatic heterocycles. The number of para-hydroxylation sites is 1. The molecule has 0 saturated heterocycles. The average molecular weight is 297 g/mol. The number of amides is 1. The number of aryl methyl sites for hydroxylation is 1. The Morgan fingerprint density at radius 1 is 1.18 bits per heavy atom. The van der Waals surface area contributed by atoms with Crippen molar-refractivity contribution < 1.29 is 13.6 Å².